The Balaban J connectivity index is 1.78. The number of nitrogens with zero attached hydrogens (tertiary/aromatic N) is 6. The number of fused-ring (bicyclic) bond motifs is 6. The van der Waals surface area contributed by atoms with Gasteiger partial charge in [0.15, 0.2) is 0 Å². The lowest BCUT2D eigenvalue weighted by Crippen LogP contribution is -2.61. The summed E-state index contributed by atoms with van der Waals surface area (Å²) in [5.41, 5.74) is -2.75. The molecule has 5 heterocycles. The van der Waals surface area contributed by atoms with Crippen LogP contribution in [0.4, 0.5) is 33.7 Å². The van der Waals surface area contributed by atoms with Gasteiger partial charge in [-0.25, -0.2) is 4.68 Å². The first kappa shape index (κ1) is 20.2. The minimum absolute atomic E-state index is 0.0963. The summed E-state index contributed by atoms with van der Waals surface area (Å²) in [6, 6.07) is 2.06. The topological polar surface area (TPSA) is 68.4 Å². The Hall–Kier alpha value is -2.70. The summed E-state index contributed by atoms with van der Waals surface area (Å²) in [7, 11) is 0. The monoisotopic (exact) mass is 446 g/mol. The first-order valence-electron chi connectivity index (χ1n) is 9.77. The molecule has 1 fully saturated rings. The summed E-state index contributed by atoms with van der Waals surface area (Å²) in [6.45, 7) is -2.04. The molecule has 168 valence electrons. The Morgan fingerprint density at radius 1 is 1.26 bits per heavy atom. The molecule has 4 bridgehead atoms. The largest absolute Gasteiger partial charge is 0.411 e. The van der Waals surface area contributed by atoms with E-state index in [4.69, 9.17) is 4.74 Å². The van der Waals surface area contributed by atoms with E-state index >= 15 is 0 Å². The van der Waals surface area contributed by atoms with Crippen LogP contribution in [-0.2, 0) is 17.8 Å². The second kappa shape index (κ2) is 6.65. The van der Waals surface area contributed by atoms with E-state index in [1.54, 1.807) is 4.90 Å². The van der Waals surface area contributed by atoms with Crippen LogP contribution >= 0.6 is 0 Å². The van der Waals surface area contributed by atoms with Gasteiger partial charge in [0.1, 0.15) is 11.4 Å². The lowest BCUT2D eigenvalue weighted by Gasteiger charge is -2.47. The number of rotatable bonds is 1. The molecule has 1 saturated heterocycles. The van der Waals surface area contributed by atoms with E-state index in [0.29, 0.717) is 11.3 Å². The number of ether oxygens (including phenoxy) is 1. The van der Waals surface area contributed by atoms with Crippen molar-refractivity contribution in [2.75, 3.05) is 29.6 Å². The zero-order chi connectivity index (χ0) is 22.1. The number of alkyl halides is 5. The molecule has 0 spiro atoms. The van der Waals surface area contributed by atoms with Crippen LogP contribution in [0, 0.1) is 0 Å². The van der Waals surface area contributed by atoms with Gasteiger partial charge in [0, 0.05) is 19.2 Å². The third-order valence-corrected chi connectivity index (χ3v) is 6.35. The normalized spacial score (nSPS) is 25.6. The minimum Gasteiger partial charge on any atom is -0.377 e. The third-order valence-electron chi connectivity index (χ3n) is 6.35. The van der Waals surface area contributed by atoms with E-state index in [0.717, 1.165) is 16.4 Å². The van der Waals surface area contributed by atoms with Crippen molar-refractivity contribution in [1.82, 2.24) is 19.3 Å². The lowest BCUT2D eigenvalue weighted by atomic mass is 9.92. The van der Waals surface area contributed by atoms with Gasteiger partial charge in [0.25, 0.3) is 5.56 Å². The number of hydrogen-bond acceptors (Lipinski definition) is 6. The molecule has 0 N–H and O–H groups in total. The third kappa shape index (κ3) is 2.92. The summed E-state index contributed by atoms with van der Waals surface area (Å²) in [5.74, 6) is -0.0136. The summed E-state index contributed by atoms with van der Waals surface area (Å²) in [6.07, 6.45) is -5.10. The summed E-state index contributed by atoms with van der Waals surface area (Å²) >= 11 is 0. The van der Waals surface area contributed by atoms with Crippen LogP contribution in [0.1, 0.15) is 37.3 Å². The van der Waals surface area contributed by atoms with Crippen LogP contribution < -0.4 is 15.4 Å². The predicted octanol–water partition coefficient (Wildman–Crippen LogP) is 2.46. The maximum absolute atomic E-state index is 14.2. The first-order valence-corrected chi connectivity index (χ1v) is 9.77. The second-order valence-electron chi connectivity index (χ2n) is 8.08. The van der Waals surface area contributed by atoms with E-state index in [-0.39, 0.29) is 42.9 Å². The Morgan fingerprint density at radius 3 is 2.74 bits per heavy atom. The number of halogens is 5. The van der Waals surface area contributed by atoms with Gasteiger partial charge in [-0.1, -0.05) is 0 Å². The van der Waals surface area contributed by atoms with Crippen LogP contribution in [0.25, 0.3) is 0 Å². The molecule has 0 aliphatic carbocycles. The van der Waals surface area contributed by atoms with E-state index in [1.165, 1.54) is 12.1 Å². The molecule has 31 heavy (non-hydrogen) atoms. The lowest BCUT2D eigenvalue weighted by molar-refractivity contribution is -0.187. The molecular weight excluding hydrogens is 427 g/mol. The number of hydrogen-bond donors (Lipinski definition) is 0. The predicted molar refractivity (Wildman–Crippen MR) is 98.1 cm³/mol. The Kier molecular flexibility index (Phi) is 4.33. The summed E-state index contributed by atoms with van der Waals surface area (Å²) < 4.78 is 77.1. The van der Waals surface area contributed by atoms with Gasteiger partial charge in [-0.2, -0.15) is 32.0 Å². The molecule has 2 aromatic rings. The highest BCUT2D eigenvalue weighted by Gasteiger charge is 2.58. The van der Waals surface area contributed by atoms with Crippen molar-refractivity contribution >= 4 is 11.8 Å². The van der Waals surface area contributed by atoms with Crippen molar-refractivity contribution in [1.29, 1.82) is 0 Å². The van der Waals surface area contributed by atoms with Crippen LogP contribution in [-0.4, -0.2) is 50.8 Å². The molecule has 0 unspecified atom stereocenters. The van der Waals surface area contributed by atoms with Gasteiger partial charge in [-0.15, -0.1) is 0 Å². The number of morpholine rings is 1. The van der Waals surface area contributed by atoms with Gasteiger partial charge >= 0.3 is 12.7 Å². The smallest absolute Gasteiger partial charge is 0.377 e. The highest BCUT2D eigenvalue weighted by molar-refractivity contribution is 5.51. The second-order valence-corrected chi connectivity index (χ2v) is 8.08. The molecule has 2 atom stereocenters. The SMILES string of the molecule is C[C@@]1(C(F)(F)F)CCn2c3nc(cc2=O)N2CCOC[C@H]2c2cc(n(C(F)F)n2)CN31. The van der Waals surface area contributed by atoms with Crippen molar-refractivity contribution in [2.45, 2.75) is 50.7 Å². The molecule has 2 aromatic heterocycles. The number of anilines is 2. The molecular formula is C18H19F5N6O2. The van der Waals surface area contributed by atoms with E-state index in [9.17, 15) is 26.7 Å². The maximum atomic E-state index is 14.2. The van der Waals surface area contributed by atoms with Gasteiger partial charge in [-0.05, 0) is 19.4 Å². The summed E-state index contributed by atoms with van der Waals surface area (Å²) in [4.78, 5) is 19.8. The van der Waals surface area contributed by atoms with Crippen LogP contribution in [0.2, 0.25) is 0 Å². The minimum atomic E-state index is -4.68. The molecule has 3 aliphatic rings. The average Bonchev–Trinajstić information content (AvgIpc) is 3.12. The first-order chi connectivity index (χ1) is 14.6. The van der Waals surface area contributed by atoms with Gasteiger partial charge < -0.3 is 14.5 Å². The van der Waals surface area contributed by atoms with Crippen molar-refractivity contribution in [3.63, 3.8) is 0 Å². The molecule has 0 saturated carbocycles. The highest BCUT2D eigenvalue weighted by atomic mass is 19.4. The van der Waals surface area contributed by atoms with Crippen molar-refractivity contribution in [3.05, 3.63) is 33.9 Å². The van der Waals surface area contributed by atoms with Gasteiger partial charge in [0.2, 0.25) is 5.95 Å². The highest BCUT2D eigenvalue weighted by Crippen LogP contribution is 2.45. The van der Waals surface area contributed by atoms with Gasteiger partial charge in [-0.3, -0.25) is 9.36 Å². The van der Waals surface area contributed by atoms with E-state index in [2.05, 4.69) is 10.1 Å². The Morgan fingerprint density at radius 2 is 2.03 bits per heavy atom. The molecule has 0 radical (unpaired) electrons. The average molecular weight is 446 g/mol. The Labute approximate surface area is 172 Å². The molecule has 0 aromatic carbocycles. The molecule has 0 amide bonds. The van der Waals surface area contributed by atoms with Crippen molar-refractivity contribution < 1.29 is 26.7 Å². The van der Waals surface area contributed by atoms with Crippen LogP contribution in [0.15, 0.2) is 16.9 Å². The fraction of sp³-hybridized carbons (Fsp3) is 0.611. The van der Waals surface area contributed by atoms with Crippen molar-refractivity contribution in [2.24, 2.45) is 0 Å². The van der Waals surface area contributed by atoms with E-state index < -0.39 is 42.8 Å². The van der Waals surface area contributed by atoms with Crippen LogP contribution in [0.3, 0.4) is 0 Å². The zero-order valence-electron chi connectivity index (χ0n) is 16.4. The zero-order valence-corrected chi connectivity index (χ0v) is 16.4. The quantitative estimate of drug-likeness (QED) is 0.627. The van der Waals surface area contributed by atoms with Crippen LogP contribution in [0.5, 0.6) is 0 Å². The number of aromatic nitrogens is 4. The molecule has 13 heteroatoms. The molecule has 5 rings (SSSR count). The standard InChI is InChI=1S/C18H19F5N6O2/c1-17(18(21,22)23)2-3-27-14(30)7-13-24-16(27)28(17)8-10-6-11(25-29(10)15(19)20)12-9-31-5-4-26(12)13/h6-7,12,15H,2-5,8-9H2,1H3/t12-,17-/m0/s1. The maximum Gasteiger partial charge on any atom is 0.411 e. The fourth-order valence-corrected chi connectivity index (χ4v) is 4.46. The molecule has 3 aliphatic heterocycles. The van der Waals surface area contributed by atoms with Gasteiger partial charge in [0.05, 0.1) is 37.2 Å². The van der Waals surface area contributed by atoms with E-state index in [1.807, 2.05) is 0 Å². The van der Waals surface area contributed by atoms with Crippen molar-refractivity contribution in [3.8, 4) is 0 Å². The summed E-state index contributed by atoms with van der Waals surface area (Å²) in [5, 5.41) is 3.99. The Bertz CT molecular complexity index is 1080. The molecule has 8 nitrogen and oxygen atoms in total. The fourth-order valence-electron chi connectivity index (χ4n) is 4.46.